The van der Waals surface area contributed by atoms with E-state index >= 15 is 0 Å². The van der Waals surface area contributed by atoms with Crippen molar-refractivity contribution < 1.29 is 4.74 Å². The molecule has 3 rings (SSSR count). The number of ether oxygens (including phenoxy) is 1. The molecule has 0 radical (unpaired) electrons. The van der Waals surface area contributed by atoms with E-state index in [1.807, 2.05) is 7.05 Å². The van der Waals surface area contributed by atoms with Gasteiger partial charge in [0.15, 0.2) is 5.96 Å². The van der Waals surface area contributed by atoms with Crippen LogP contribution in [-0.2, 0) is 11.3 Å². The number of benzene rings is 1. The average Bonchev–Trinajstić information content (AvgIpc) is 2.68. The smallest absolute Gasteiger partial charge is 0.191 e. The molecule has 150 valence electrons. The Morgan fingerprint density at radius 2 is 2.07 bits per heavy atom. The van der Waals surface area contributed by atoms with Crippen LogP contribution in [0.5, 0.6) is 0 Å². The molecule has 0 aromatic heterocycles. The number of morpholine rings is 1. The number of likely N-dealkylation sites (N-methyl/N-ethyl adjacent to an activating group) is 1. The summed E-state index contributed by atoms with van der Waals surface area (Å²) < 4.78 is 5.83. The number of aliphatic imine (C=N–C) groups is 1. The SMILES string of the molecule is CN=C(NCC1CN(C)CCO1)NC1CCN(Cc2ccccc2)C(C)C1. The van der Waals surface area contributed by atoms with Gasteiger partial charge in [-0.15, -0.1) is 0 Å². The van der Waals surface area contributed by atoms with Crippen molar-refractivity contribution in [3.63, 3.8) is 0 Å². The zero-order valence-corrected chi connectivity index (χ0v) is 17.0. The van der Waals surface area contributed by atoms with E-state index in [0.29, 0.717) is 12.1 Å². The zero-order valence-electron chi connectivity index (χ0n) is 17.0. The molecule has 3 atom stereocenters. The van der Waals surface area contributed by atoms with Crippen LogP contribution in [0, 0.1) is 0 Å². The number of hydrogen-bond donors (Lipinski definition) is 2. The molecule has 2 heterocycles. The maximum absolute atomic E-state index is 5.83. The van der Waals surface area contributed by atoms with Crippen molar-refractivity contribution in [2.24, 2.45) is 4.99 Å². The minimum Gasteiger partial charge on any atom is -0.374 e. The number of guanidine groups is 1. The number of rotatable bonds is 5. The van der Waals surface area contributed by atoms with Gasteiger partial charge in [0, 0.05) is 51.9 Å². The zero-order chi connectivity index (χ0) is 19.1. The molecule has 2 aliphatic heterocycles. The second kappa shape index (κ2) is 10.1. The van der Waals surface area contributed by atoms with E-state index in [2.05, 4.69) is 69.7 Å². The minimum absolute atomic E-state index is 0.231. The highest BCUT2D eigenvalue weighted by Gasteiger charge is 2.26. The van der Waals surface area contributed by atoms with Crippen molar-refractivity contribution in [3.05, 3.63) is 35.9 Å². The molecule has 27 heavy (non-hydrogen) atoms. The van der Waals surface area contributed by atoms with E-state index < -0.39 is 0 Å². The lowest BCUT2D eigenvalue weighted by Crippen LogP contribution is -2.53. The highest BCUT2D eigenvalue weighted by atomic mass is 16.5. The number of piperidine rings is 1. The normalized spacial score (nSPS) is 28.1. The van der Waals surface area contributed by atoms with Gasteiger partial charge >= 0.3 is 0 Å². The van der Waals surface area contributed by atoms with E-state index in [1.54, 1.807) is 0 Å². The van der Waals surface area contributed by atoms with Gasteiger partial charge in [-0.1, -0.05) is 30.3 Å². The molecule has 6 nitrogen and oxygen atoms in total. The Balaban J connectivity index is 1.42. The molecule has 0 spiro atoms. The van der Waals surface area contributed by atoms with E-state index in [-0.39, 0.29) is 6.10 Å². The summed E-state index contributed by atoms with van der Waals surface area (Å²) in [6, 6.07) is 11.8. The molecule has 0 aliphatic carbocycles. The summed E-state index contributed by atoms with van der Waals surface area (Å²) in [5, 5.41) is 7.06. The maximum atomic E-state index is 5.83. The monoisotopic (exact) mass is 373 g/mol. The van der Waals surface area contributed by atoms with Crippen LogP contribution in [0.2, 0.25) is 0 Å². The quantitative estimate of drug-likeness (QED) is 0.606. The molecule has 2 N–H and O–H groups in total. The topological polar surface area (TPSA) is 52.1 Å². The predicted molar refractivity (Wildman–Crippen MR) is 111 cm³/mol. The Kier molecular flexibility index (Phi) is 7.50. The van der Waals surface area contributed by atoms with Crippen LogP contribution in [0.4, 0.5) is 0 Å². The summed E-state index contributed by atoms with van der Waals surface area (Å²) in [5.74, 6) is 0.889. The molecule has 0 bridgehead atoms. The van der Waals surface area contributed by atoms with Crippen molar-refractivity contribution in [3.8, 4) is 0 Å². The fraction of sp³-hybridized carbons (Fsp3) is 0.667. The summed E-state index contributed by atoms with van der Waals surface area (Å²) >= 11 is 0. The van der Waals surface area contributed by atoms with E-state index in [0.717, 1.165) is 58.1 Å². The third kappa shape index (κ3) is 6.19. The predicted octanol–water partition coefficient (Wildman–Crippen LogP) is 1.54. The van der Waals surface area contributed by atoms with Crippen LogP contribution < -0.4 is 10.6 Å². The molecular formula is C21H35N5O. The maximum Gasteiger partial charge on any atom is 0.191 e. The van der Waals surface area contributed by atoms with Crippen LogP contribution in [0.25, 0.3) is 0 Å². The summed E-state index contributed by atoms with van der Waals surface area (Å²) in [6.07, 6.45) is 2.51. The first-order chi connectivity index (χ1) is 13.1. The van der Waals surface area contributed by atoms with Crippen molar-refractivity contribution in [2.45, 2.75) is 44.5 Å². The highest BCUT2D eigenvalue weighted by Crippen LogP contribution is 2.19. The molecule has 1 aromatic carbocycles. The fourth-order valence-electron chi connectivity index (χ4n) is 3.99. The molecule has 2 aliphatic rings. The summed E-state index contributed by atoms with van der Waals surface area (Å²) in [6.45, 7) is 8.08. The summed E-state index contributed by atoms with van der Waals surface area (Å²) in [5.41, 5.74) is 1.39. The van der Waals surface area contributed by atoms with Crippen LogP contribution in [0.1, 0.15) is 25.3 Å². The van der Waals surface area contributed by atoms with Crippen LogP contribution in [0.3, 0.4) is 0 Å². The summed E-state index contributed by atoms with van der Waals surface area (Å²) in [7, 11) is 3.99. The second-order valence-electron chi connectivity index (χ2n) is 7.88. The Hall–Kier alpha value is -1.63. The number of nitrogens with one attached hydrogen (secondary N) is 2. The minimum atomic E-state index is 0.231. The van der Waals surface area contributed by atoms with Gasteiger partial charge in [-0.3, -0.25) is 9.89 Å². The third-order valence-electron chi connectivity index (χ3n) is 5.65. The number of hydrogen-bond acceptors (Lipinski definition) is 4. The lowest BCUT2D eigenvalue weighted by molar-refractivity contribution is -0.0161. The molecule has 2 saturated heterocycles. The largest absolute Gasteiger partial charge is 0.374 e. The van der Waals surface area contributed by atoms with Gasteiger partial charge in [0.2, 0.25) is 0 Å². The van der Waals surface area contributed by atoms with E-state index in [1.165, 1.54) is 5.56 Å². The molecule has 2 fully saturated rings. The number of nitrogens with zero attached hydrogens (tertiary/aromatic N) is 3. The van der Waals surface area contributed by atoms with Gasteiger partial charge in [-0.05, 0) is 32.4 Å². The number of likely N-dealkylation sites (tertiary alicyclic amines) is 1. The van der Waals surface area contributed by atoms with Gasteiger partial charge in [0.05, 0.1) is 12.7 Å². The average molecular weight is 374 g/mol. The molecule has 6 heteroatoms. The van der Waals surface area contributed by atoms with Crippen molar-refractivity contribution in [2.75, 3.05) is 46.9 Å². The van der Waals surface area contributed by atoms with Gasteiger partial charge in [0.1, 0.15) is 0 Å². The molecule has 3 unspecified atom stereocenters. The molecule has 1 aromatic rings. The van der Waals surface area contributed by atoms with Crippen molar-refractivity contribution in [1.29, 1.82) is 0 Å². The van der Waals surface area contributed by atoms with Gasteiger partial charge < -0.3 is 20.3 Å². The van der Waals surface area contributed by atoms with Crippen LogP contribution in [-0.4, -0.2) is 80.8 Å². The molecule has 0 saturated carbocycles. The van der Waals surface area contributed by atoms with Crippen LogP contribution in [0.15, 0.2) is 35.3 Å². The van der Waals surface area contributed by atoms with Gasteiger partial charge in [0.25, 0.3) is 0 Å². The fourth-order valence-corrected chi connectivity index (χ4v) is 3.99. The molecular weight excluding hydrogens is 338 g/mol. The Bertz CT molecular complexity index is 593. The van der Waals surface area contributed by atoms with E-state index in [4.69, 9.17) is 4.74 Å². The lowest BCUT2D eigenvalue weighted by Gasteiger charge is -2.38. The Morgan fingerprint density at radius 1 is 1.26 bits per heavy atom. The highest BCUT2D eigenvalue weighted by molar-refractivity contribution is 5.80. The second-order valence-corrected chi connectivity index (χ2v) is 7.88. The van der Waals surface area contributed by atoms with Crippen LogP contribution >= 0.6 is 0 Å². The van der Waals surface area contributed by atoms with Gasteiger partial charge in [-0.25, -0.2) is 0 Å². The Morgan fingerprint density at radius 3 is 2.78 bits per heavy atom. The van der Waals surface area contributed by atoms with Crippen molar-refractivity contribution in [1.82, 2.24) is 20.4 Å². The standard InChI is InChI=1S/C21H35N5O/c1-17-13-19(9-10-26(17)15-18-7-5-4-6-8-18)24-21(22-2)23-14-20-16-25(3)11-12-27-20/h4-8,17,19-20H,9-16H2,1-3H3,(H2,22,23,24). The first kappa shape index (κ1) is 20.1. The summed E-state index contributed by atoms with van der Waals surface area (Å²) in [4.78, 5) is 9.30. The Labute approximate surface area is 164 Å². The van der Waals surface area contributed by atoms with Crippen molar-refractivity contribution >= 4 is 5.96 Å². The van der Waals surface area contributed by atoms with E-state index in [9.17, 15) is 0 Å². The first-order valence-electron chi connectivity index (χ1n) is 10.2. The first-order valence-corrected chi connectivity index (χ1v) is 10.2. The lowest BCUT2D eigenvalue weighted by atomic mass is 9.97. The van der Waals surface area contributed by atoms with Gasteiger partial charge in [-0.2, -0.15) is 0 Å². The molecule has 0 amide bonds. The third-order valence-corrected chi connectivity index (χ3v) is 5.65.